The number of hydrogen-bond donors (Lipinski definition) is 9. The fraction of sp³-hybridized carbons (Fsp3) is 0.345. The molecular formula is C87H108N6O12. The van der Waals surface area contributed by atoms with E-state index in [1.54, 1.807) is 63.2 Å². The number of benzene rings is 6. The van der Waals surface area contributed by atoms with Crippen LogP contribution in [0.15, 0.2) is 196 Å². The van der Waals surface area contributed by atoms with E-state index < -0.39 is 0 Å². The summed E-state index contributed by atoms with van der Waals surface area (Å²) in [5.41, 5.74) is 16.5. The number of methoxy groups -OCH3 is 3. The average molecular weight is 1430 g/mol. The highest BCUT2D eigenvalue weighted by molar-refractivity contribution is 6.17. The van der Waals surface area contributed by atoms with Gasteiger partial charge in [-0.2, -0.15) is 0 Å². The van der Waals surface area contributed by atoms with E-state index in [2.05, 4.69) is 135 Å². The van der Waals surface area contributed by atoms with Crippen molar-refractivity contribution in [1.29, 1.82) is 0 Å². The Bertz CT molecular complexity index is 4330. The number of fused-ring (bicyclic) bond motifs is 6. The van der Waals surface area contributed by atoms with Crippen molar-refractivity contribution in [1.82, 2.24) is 0 Å². The van der Waals surface area contributed by atoms with Crippen molar-refractivity contribution >= 4 is 68.9 Å². The Morgan fingerprint density at radius 3 is 1.05 bits per heavy atom. The summed E-state index contributed by atoms with van der Waals surface area (Å²) in [4.78, 5) is 45.4. The molecule has 0 bridgehead atoms. The highest BCUT2D eigenvalue weighted by atomic mass is 16.5. The van der Waals surface area contributed by atoms with E-state index in [0.29, 0.717) is 99.1 Å². The molecule has 0 atom stereocenters. The number of phenols is 6. The highest BCUT2D eigenvalue weighted by Crippen LogP contribution is 2.50. The third kappa shape index (κ3) is 22.7. The maximum absolute atomic E-state index is 13.6. The first kappa shape index (κ1) is 81.3. The molecule has 9 rings (SSSR count). The van der Waals surface area contributed by atoms with Crippen LogP contribution in [0.3, 0.4) is 0 Å². The van der Waals surface area contributed by atoms with Gasteiger partial charge in [0, 0.05) is 56.0 Å². The molecule has 0 aliphatic carbocycles. The summed E-state index contributed by atoms with van der Waals surface area (Å²) in [5, 5.41) is 71.8. The quantitative estimate of drug-likeness (QED) is 0.0132. The third-order valence-corrected chi connectivity index (χ3v) is 18.3. The molecule has 3 aliphatic rings. The second kappa shape index (κ2) is 39.0. The minimum Gasteiger partial charge on any atom is -0.508 e. The topological polar surface area (TPSA) is 246 Å². The van der Waals surface area contributed by atoms with Crippen molar-refractivity contribution in [3.05, 3.63) is 213 Å². The molecular weight excluding hydrogens is 1320 g/mol. The SMILES string of the molecule is COc1cc(O)c2c(c1)N(C/C=C(\C)CC/C=C(\C)CCC=C(C)C)C(=O)c1cccc(O)c1N2.COc1cc(O)cc2c1Nc1c(O)cccc1C(=O)N2C/C=C(\C)CC/C=C(\C)CCC=C(C)C.COc1cccc2c1Nc1c(O)cc(O)cc1N(C/C=C(\C)CC/C=C(\C)CCC=C(C)C)C2=O. The van der Waals surface area contributed by atoms with E-state index in [1.807, 2.05) is 18.2 Å². The van der Waals surface area contributed by atoms with Crippen molar-refractivity contribution in [3.63, 3.8) is 0 Å². The molecule has 6 aromatic rings. The number of para-hydroxylation sites is 3. The van der Waals surface area contributed by atoms with Crippen LogP contribution in [0, 0.1) is 0 Å². The van der Waals surface area contributed by atoms with E-state index in [4.69, 9.17) is 14.2 Å². The summed E-state index contributed by atoms with van der Waals surface area (Å²) >= 11 is 0. The predicted octanol–water partition coefficient (Wildman–Crippen LogP) is 21.7. The van der Waals surface area contributed by atoms with Crippen molar-refractivity contribution in [2.75, 3.05) is 71.6 Å². The standard InChI is InChI=1S/3C29H36N2O4/c1-19(2)9-6-10-20(3)11-7-12-21(4)15-16-31-24-17-22(32)18-25(33)28(24)30-27-23(29(31)34)13-8-14-26(27)35-5;1-19(2)9-6-10-20(3)11-7-12-21(4)15-16-31-24-17-22(35-5)18-26(33)28(24)30-27-23(29(31)34)13-8-14-25(27)32;1-19(2)9-6-10-20(3)11-7-12-21(4)15-16-31-24-17-22(32)18-26(35-5)28(24)30-27-23(29(31)34)13-8-14-25(27)33/h3*8-9,11,13-15,17-18,30,32-33H,6-7,10,12,16H2,1-5H3/b3*20-11+,21-15+. The monoisotopic (exact) mass is 1430 g/mol. The number of allylic oxidation sites excluding steroid dienone is 15. The lowest BCUT2D eigenvalue weighted by Gasteiger charge is -2.23. The molecule has 0 fully saturated rings. The van der Waals surface area contributed by atoms with Crippen LogP contribution in [-0.2, 0) is 0 Å². The fourth-order valence-corrected chi connectivity index (χ4v) is 12.2. The van der Waals surface area contributed by atoms with Gasteiger partial charge in [0.05, 0.1) is 72.1 Å². The van der Waals surface area contributed by atoms with Gasteiger partial charge in [-0.05, 0) is 197 Å². The van der Waals surface area contributed by atoms with Gasteiger partial charge in [-0.3, -0.25) is 14.4 Å². The average Bonchev–Trinajstić information content (AvgIpc) is 1.67. The Morgan fingerprint density at radius 1 is 0.333 bits per heavy atom. The van der Waals surface area contributed by atoms with Gasteiger partial charge in [0.2, 0.25) is 0 Å². The second-order valence-corrected chi connectivity index (χ2v) is 27.7. The second-order valence-electron chi connectivity index (χ2n) is 27.7. The van der Waals surface area contributed by atoms with Crippen molar-refractivity contribution < 1.29 is 59.2 Å². The van der Waals surface area contributed by atoms with Gasteiger partial charge < -0.3 is 75.5 Å². The lowest BCUT2D eigenvalue weighted by atomic mass is 10.1. The minimum atomic E-state index is -0.270. The van der Waals surface area contributed by atoms with E-state index in [9.17, 15) is 45.0 Å². The number of nitrogens with one attached hydrogen (secondary N) is 3. The minimum absolute atomic E-state index is 0.00944. The van der Waals surface area contributed by atoms with E-state index >= 15 is 0 Å². The van der Waals surface area contributed by atoms with Crippen LogP contribution in [0.4, 0.5) is 51.2 Å². The number of nitrogens with zero attached hydrogens (tertiary/aromatic N) is 3. The summed E-state index contributed by atoms with van der Waals surface area (Å²) < 4.78 is 16.2. The van der Waals surface area contributed by atoms with Gasteiger partial charge in [0.25, 0.3) is 17.7 Å². The van der Waals surface area contributed by atoms with Crippen molar-refractivity contribution in [2.45, 2.75) is 160 Å². The van der Waals surface area contributed by atoms with Crippen LogP contribution in [0.5, 0.6) is 51.7 Å². The molecule has 0 aromatic heterocycles. The first-order valence-electron chi connectivity index (χ1n) is 35.9. The molecule has 0 radical (unpaired) electrons. The number of carbonyl (C=O) groups is 3. The number of anilines is 9. The van der Waals surface area contributed by atoms with Crippen molar-refractivity contribution in [2.24, 2.45) is 0 Å². The van der Waals surface area contributed by atoms with Crippen molar-refractivity contribution in [3.8, 4) is 51.7 Å². The number of aromatic hydroxyl groups is 6. The molecule has 6 aromatic carbocycles. The van der Waals surface area contributed by atoms with Crippen LogP contribution in [0.1, 0.15) is 191 Å². The Morgan fingerprint density at radius 2 is 0.657 bits per heavy atom. The first-order chi connectivity index (χ1) is 50.1. The number of ether oxygens (including phenoxy) is 3. The number of amides is 3. The molecule has 105 heavy (non-hydrogen) atoms. The Labute approximate surface area is 621 Å². The van der Waals surface area contributed by atoms with Gasteiger partial charge in [-0.15, -0.1) is 0 Å². The van der Waals surface area contributed by atoms with Crippen LogP contribution in [-0.4, -0.2) is 89.3 Å². The molecule has 18 nitrogen and oxygen atoms in total. The zero-order chi connectivity index (χ0) is 76.6. The molecule has 3 amide bonds. The van der Waals surface area contributed by atoms with E-state index in [-0.39, 0.29) is 57.9 Å². The predicted molar refractivity (Wildman–Crippen MR) is 429 cm³/mol. The summed E-state index contributed by atoms with van der Waals surface area (Å²) in [7, 11) is 4.54. The Balaban J connectivity index is 0.000000220. The normalized spacial score (nSPS) is 13.5. The van der Waals surface area contributed by atoms with Crippen LogP contribution < -0.4 is 44.9 Å². The maximum Gasteiger partial charge on any atom is 0.260 e. The lowest BCUT2D eigenvalue weighted by molar-refractivity contribution is 0.0983. The number of phenolic OH excluding ortho intramolecular Hbond substituents is 6. The molecule has 3 aliphatic heterocycles. The van der Waals surface area contributed by atoms with E-state index in [1.165, 1.54) is 114 Å². The zero-order valence-electron chi connectivity index (χ0n) is 63.9. The molecule has 0 saturated carbocycles. The van der Waals surface area contributed by atoms with E-state index in [0.717, 1.165) is 77.0 Å². The van der Waals surface area contributed by atoms with Crippen LogP contribution in [0.2, 0.25) is 0 Å². The zero-order valence-corrected chi connectivity index (χ0v) is 63.9. The van der Waals surface area contributed by atoms with Gasteiger partial charge in [0.15, 0.2) is 0 Å². The van der Waals surface area contributed by atoms with Crippen LogP contribution >= 0.6 is 0 Å². The summed E-state index contributed by atoms with van der Waals surface area (Å²) in [6, 6.07) is 23.8. The maximum atomic E-state index is 13.6. The van der Waals surface area contributed by atoms with Gasteiger partial charge in [-0.25, -0.2) is 0 Å². The summed E-state index contributed by atoms with van der Waals surface area (Å²) in [5.74, 6) is 0.0987. The molecule has 0 saturated heterocycles. The molecule has 18 heteroatoms. The fourth-order valence-electron chi connectivity index (χ4n) is 12.2. The Kier molecular flexibility index (Phi) is 30.2. The largest absolute Gasteiger partial charge is 0.508 e. The molecule has 0 unspecified atom stereocenters. The van der Waals surface area contributed by atoms with Gasteiger partial charge >= 0.3 is 0 Å². The number of hydrogen-bond acceptors (Lipinski definition) is 15. The highest BCUT2D eigenvalue weighted by Gasteiger charge is 2.34. The lowest BCUT2D eigenvalue weighted by Crippen LogP contribution is -2.30. The third-order valence-electron chi connectivity index (χ3n) is 18.3. The molecule has 0 spiro atoms. The van der Waals surface area contributed by atoms with Gasteiger partial charge in [-0.1, -0.05) is 123 Å². The smallest absolute Gasteiger partial charge is 0.260 e. The molecule has 558 valence electrons. The van der Waals surface area contributed by atoms with Gasteiger partial charge in [0.1, 0.15) is 68.8 Å². The molecule has 3 heterocycles. The molecule has 9 N–H and O–H groups in total. The summed E-state index contributed by atoms with van der Waals surface area (Å²) in [6.45, 7) is 26.4. The number of carbonyl (C=O) groups excluding carboxylic acids is 3. The summed E-state index contributed by atoms with van der Waals surface area (Å²) in [6.07, 6.45) is 31.7. The van der Waals surface area contributed by atoms with Crippen LogP contribution in [0.25, 0.3) is 0 Å². The Hall–Kier alpha value is -11.0. The first-order valence-corrected chi connectivity index (χ1v) is 35.9. The number of rotatable bonds is 27.